The molecule has 2 aromatic rings. The minimum absolute atomic E-state index is 0.261. The van der Waals surface area contributed by atoms with Crippen LogP contribution < -0.4 is 5.32 Å². The normalized spacial score (nSPS) is 10.1. The SMILES string of the molecule is O=C(NCc1ccc(F)cc1)c1cccc(F)c1. The van der Waals surface area contributed by atoms with Gasteiger partial charge < -0.3 is 5.32 Å². The Morgan fingerprint density at radius 3 is 2.39 bits per heavy atom. The van der Waals surface area contributed by atoms with Crippen molar-refractivity contribution in [3.05, 3.63) is 71.3 Å². The summed E-state index contributed by atoms with van der Waals surface area (Å²) in [5, 5.41) is 2.63. The minimum atomic E-state index is -0.454. The van der Waals surface area contributed by atoms with E-state index in [0.29, 0.717) is 0 Å². The number of benzene rings is 2. The molecule has 0 saturated heterocycles. The topological polar surface area (TPSA) is 29.1 Å². The second kappa shape index (κ2) is 5.40. The van der Waals surface area contributed by atoms with Gasteiger partial charge in [-0.05, 0) is 35.9 Å². The number of hydrogen-bond acceptors (Lipinski definition) is 1. The average Bonchev–Trinajstić information content (AvgIpc) is 2.38. The third-order valence-corrected chi connectivity index (χ3v) is 2.45. The predicted octanol–water partition coefficient (Wildman–Crippen LogP) is 2.89. The van der Waals surface area contributed by atoms with Crippen molar-refractivity contribution < 1.29 is 13.6 Å². The molecular formula is C14H11F2NO. The zero-order valence-corrected chi connectivity index (χ0v) is 9.49. The Balaban J connectivity index is 1.98. The number of carbonyl (C=O) groups excluding carboxylic acids is 1. The molecule has 0 aliphatic carbocycles. The van der Waals surface area contributed by atoms with Crippen LogP contribution in [-0.4, -0.2) is 5.91 Å². The Hall–Kier alpha value is -2.23. The van der Waals surface area contributed by atoms with Gasteiger partial charge in [-0.2, -0.15) is 0 Å². The summed E-state index contributed by atoms with van der Waals surface area (Å²) >= 11 is 0. The van der Waals surface area contributed by atoms with E-state index in [2.05, 4.69) is 5.32 Å². The lowest BCUT2D eigenvalue weighted by Crippen LogP contribution is -2.22. The fourth-order valence-corrected chi connectivity index (χ4v) is 1.52. The molecule has 2 nitrogen and oxygen atoms in total. The standard InChI is InChI=1S/C14H11F2NO/c15-12-6-4-10(5-7-12)9-17-14(18)11-2-1-3-13(16)8-11/h1-8H,9H2,(H,17,18). The van der Waals surface area contributed by atoms with Crippen molar-refractivity contribution in [1.82, 2.24) is 5.32 Å². The summed E-state index contributed by atoms with van der Waals surface area (Å²) in [6.07, 6.45) is 0. The van der Waals surface area contributed by atoms with E-state index in [1.807, 2.05) is 0 Å². The molecule has 18 heavy (non-hydrogen) atoms. The largest absolute Gasteiger partial charge is 0.348 e. The minimum Gasteiger partial charge on any atom is -0.348 e. The molecule has 0 aliphatic rings. The monoisotopic (exact) mass is 247 g/mol. The molecular weight excluding hydrogens is 236 g/mol. The first-order chi connectivity index (χ1) is 8.65. The summed E-state index contributed by atoms with van der Waals surface area (Å²) in [6, 6.07) is 11.3. The second-order valence-corrected chi connectivity index (χ2v) is 3.82. The molecule has 1 N–H and O–H groups in total. The molecule has 0 spiro atoms. The van der Waals surface area contributed by atoms with Crippen LogP contribution >= 0.6 is 0 Å². The maximum atomic E-state index is 12.9. The number of nitrogens with one attached hydrogen (secondary N) is 1. The van der Waals surface area contributed by atoms with Gasteiger partial charge in [-0.1, -0.05) is 18.2 Å². The maximum Gasteiger partial charge on any atom is 0.251 e. The van der Waals surface area contributed by atoms with Gasteiger partial charge in [-0.25, -0.2) is 8.78 Å². The van der Waals surface area contributed by atoms with Crippen LogP contribution in [0.1, 0.15) is 15.9 Å². The maximum absolute atomic E-state index is 12.9. The highest BCUT2D eigenvalue weighted by atomic mass is 19.1. The van der Waals surface area contributed by atoms with Gasteiger partial charge in [0.25, 0.3) is 5.91 Å². The molecule has 0 radical (unpaired) electrons. The summed E-state index contributed by atoms with van der Waals surface area (Å²) in [6.45, 7) is 0.273. The van der Waals surface area contributed by atoms with Crippen molar-refractivity contribution in [2.75, 3.05) is 0 Å². The van der Waals surface area contributed by atoms with Crippen LogP contribution in [0, 0.1) is 11.6 Å². The molecule has 0 fully saturated rings. The predicted molar refractivity (Wildman–Crippen MR) is 64.0 cm³/mol. The molecule has 0 saturated carbocycles. The van der Waals surface area contributed by atoms with Crippen molar-refractivity contribution in [2.45, 2.75) is 6.54 Å². The molecule has 0 heterocycles. The van der Waals surface area contributed by atoms with Gasteiger partial charge in [-0.15, -0.1) is 0 Å². The lowest BCUT2D eigenvalue weighted by atomic mass is 10.2. The van der Waals surface area contributed by atoms with Crippen molar-refractivity contribution in [2.24, 2.45) is 0 Å². The van der Waals surface area contributed by atoms with Gasteiger partial charge in [0.15, 0.2) is 0 Å². The van der Waals surface area contributed by atoms with E-state index < -0.39 is 5.82 Å². The molecule has 2 rings (SSSR count). The highest BCUT2D eigenvalue weighted by molar-refractivity contribution is 5.94. The van der Waals surface area contributed by atoms with Crippen molar-refractivity contribution in [3.8, 4) is 0 Å². The van der Waals surface area contributed by atoms with Gasteiger partial charge in [0.1, 0.15) is 11.6 Å². The van der Waals surface area contributed by atoms with Gasteiger partial charge in [0.2, 0.25) is 0 Å². The number of rotatable bonds is 3. The zero-order chi connectivity index (χ0) is 13.0. The van der Waals surface area contributed by atoms with E-state index >= 15 is 0 Å². The van der Waals surface area contributed by atoms with Crippen LogP contribution in [0.3, 0.4) is 0 Å². The summed E-state index contributed by atoms with van der Waals surface area (Å²) in [5.41, 5.74) is 1.04. The smallest absolute Gasteiger partial charge is 0.251 e. The average molecular weight is 247 g/mol. The second-order valence-electron chi connectivity index (χ2n) is 3.82. The highest BCUT2D eigenvalue weighted by Gasteiger charge is 2.05. The number of carbonyl (C=O) groups is 1. The Labute approximate surface area is 103 Å². The lowest BCUT2D eigenvalue weighted by Gasteiger charge is -2.05. The van der Waals surface area contributed by atoms with E-state index in [9.17, 15) is 13.6 Å². The molecule has 92 valence electrons. The quantitative estimate of drug-likeness (QED) is 0.887. The Bertz CT molecular complexity index is 552. The molecule has 4 heteroatoms. The summed E-state index contributed by atoms with van der Waals surface area (Å²) in [4.78, 5) is 11.7. The molecule has 0 bridgehead atoms. The van der Waals surface area contributed by atoms with E-state index in [1.165, 1.54) is 36.4 Å². The number of halogens is 2. The van der Waals surface area contributed by atoms with Gasteiger partial charge in [0.05, 0.1) is 0 Å². The van der Waals surface area contributed by atoms with Crippen LogP contribution in [0.4, 0.5) is 8.78 Å². The van der Waals surface area contributed by atoms with E-state index in [-0.39, 0.29) is 23.8 Å². The van der Waals surface area contributed by atoms with Crippen molar-refractivity contribution in [1.29, 1.82) is 0 Å². The van der Waals surface area contributed by atoms with Crippen molar-refractivity contribution in [3.63, 3.8) is 0 Å². The third-order valence-electron chi connectivity index (χ3n) is 2.45. The first-order valence-corrected chi connectivity index (χ1v) is 5.43. The van der Waals surface area contributed by atoms with E-state index in [0.717, 1.165) is 5.56 Å². The first kappa shape index (κ1) is 12.2. The van der Waals surface area contributed by atoms with Gasteiger partial charge in [-0.3, -0.25) is 4.79 Å². The van der Waals surface area contributed by atoms with Crippen molar-refractivity contribution >= 4 is 5.91 Å². The fraction of sp³-hybridized carbons (Fsp3) is 0.0714. The zero-order valence-electron chi connectivity index (χ0n) is 9.49. The van der Waals surface area contributed by atoms with E-state index in [1.54, 1.807) is 12.1 Å². The van der Waals surface area contributed by atoms with Gasteiger partial charge in [0, 0.05) is 12.1 Å². The highest BCUT2D eigenvalue weighted by Crippen LogP contribution is 2.05. The third kappa shape index (κ3) is 3.13. The van der Waals surface area contributed by atoms with Crippen LogP contribution in [-0.2, 0) is 6.54 Å². The Morgan fingerprint density at radius 2 is 1.72 bits per heavy atom. The molecule has 0 aliphatic heterocycles. The van der Waals surface area contributed by atoms with Crippen LogP contribution in [0.5, 0.6) is 0 Å². The summed E-state index contributed by atoms with van der Waals surface area (Å²) in [7, 11) is 0. The molecule has 1 amide bonds. The summed E-state index contributed by atoms with van der Waals surface area (Å²) < 4.78 is 25.6. The number of amides is 1. The van der Waals surface area contributed by atoms with E-state index in [4.69, 9.17) is 0 Å². The summed E-state index contributed by atoms with van der Waals surface area (Å²) in [5.74, 6) is -1.14. The lowest BCUT2D eigenvalue weighted by molar-refractivity contribution is 0.0950. The van der Waals surface area contributed by atoms with Crippen LogP contribution in [0.2, 0.25) is 0 Å². The molecule has 0 aromatic heterocycles. The Kier molecular flexibility index (Phi) is 3.67. The van der Waals surface area contributed by atoms with Gasteiger partial charge >= 0.3 is 0 Å². The number of hydrogen-bond donors (Lipinski definition) is 1. The molecule has 0 atom stereocenters. The fourth-order valence-electron chi connectivity index (χ4n) is 1.52. The Morgan fingerprint density at radius 1 is 1.00 bits per heavy atom. The first-order valence-electron chi connectivity index (χ1n) is 5.43. The van der Waals surface area contributed by atoms with Crippen LogP contribution in [0.15, 0.2) is 48.5 Å². The molecule has 0 unspecified atom stereocenters. The van der Waals surface area contributed by atoms with Crippen LogP contribution in [0.25, 0.3) is 0 Å². The molecule has 2 aromatic carbocycles.